The second-order valence-corrected chi connectivity index (χ2v) is 9.92. The maximum absolute atomic E-state index is 13.9. The molecule has 1 atom stereocenters. The third-order valence-corrected chi connectivity index (χ3v) is 7.59. The van der Waals surface area contributed by atoms with Crippen molar-refractivity contribution >= 4 is 17.6 Å². The SMILES string of the molecule is C[C@H](NC(=O)c1cccc2c1N(Cc1ccc(F)c(F)c1)CC21CCCC1)c1ccc(C(=O)O)cc1. The van der Waals surface area contributed by atoms with E-state index in [4.69, 9.17) is 5.11 Å². The van der Waals surface area contributed by atoms with Crippen LogP contribution in [0.25, 0.3) is 0 Å². The van der Waals surface area contributed by atoms with Crippen LogP contribution in [0.1, 0.15) is 76.1 Å². The van der Waals surface area contributed by atoms with Crippen molar-refractivity contribution in [1.82, 2.24) is 5.32 Å². The molecule has 3 aromatic rings. The Morgan fingerprint density at radius 3 is 2.42 bits per heavy atom. The summed E-state index contributed by atoms with van der Waals surface area (Å²) in [4.78, 5) is 26.8. The Balaban J connectivity index is 1.45. The standard InChI is InChI=1S/C29H28F2N2O3/c1-18(20-8-10-21(11-9-20)28(35)36)32-27(34)22-5-4-6-23-26(22)33(17-29(23)13-2-3-14-29)16-19-7-12-24(30)25(31)15-19/h4-12,15,18H,2-3,13-14,16-17H2,1H3,(H,32,34)(H,35,36)/t18-/m0/s1. The van der Waals surface area contributed by atoms with Gasteiger partial charge in [-0.05, 0) is 66.8 Å². The lowest BCUT2D eigenvalue weighted by Gasteiger charge is -2.26. The van der Waals surface area contributed by atoms with E-state index in [0.717, 1.165) is 55.1 Å². The first-order chi connectivity index (χ1) is 17.3. The Morgan fingerprint density at radius 1 is 1.03 bits per heavy atom. The van der Waals surface area contributed by atoms with Gasteiger partial charge in [0.05, 0.1) is 22.9 Å². The minimum atomic E-state index is -1.000. The Bertz CT molecular complexity index is 1320. The summed E-state index contributed by atoms with van der Waals surface area (Å²) in [7, 11) is 0. The molecule has 0 unspecified atom stereocenters. The molecule has 5 nitrogen and oxygen atoms in total. The molecule has 0 aromatic heterocycles. The van der Waals surface area contributed by atoms with Crippen molar-refractivity contribution in [2.75, 3.05) is 11.4 Å². The average molecular weight is 491 g/mol. The summed E-state index contributed by atoms with van der Waals surface area (Å²) >= 11 is 0. The summed E-state index contributed by atoms with van der Waals surface area (Å²) < 4.78 is 27.4. The van der Waals surface area contributed by atoms with Gasteiger partial charge in [-0.15, -0.1) is 0 Å². The van der Waals surface area contributed by atoms with Crippen LogP contribution in [0.3, 0.4) is 0 Å². The lowest BCUT2D eigenvalue weighted by molar-refractivity contribution is 0.0696. The number of carboxylic acid groups (broad SMARTS) is 1. The fraction of sp³-hybridized carbons (Fsp3) is 0.310. The Hall–Kier alpha value is -3.74. The predicted molar refractivity (Wildman–Crippen MR) is 133 cm³/mol. The Labute approximate surface area is 208 Å². The molecule has 36 heavy (non-hydrogen) atoms. The number of nitrogens with one attached hydrogen (secondary N) is 1. The molecule has 0 bridgehead atoms. The number of anilines is 1. The van der Waals surface area contributed by atoms with E-state index in [1.54, 1.807) is 24.3 Å². The number of para-hydroxylation sites is 1. The summed E-state index contributed by atoms with van der Waals surface area (Å²) in [5.41, 5.74) is 4.15. The minimum Gasteiger partial charge on any atom is -0.478 e. The highest BCUT2D eigenvalue weighted by molar-refractivity contribution is 6.01. The maximum Gasteiger partial charge on any atom is 0.335 e. The van der Waals surface area contributed by atoms with Gasteiger partial charge in [-0.25, -0.2) is 13.6 Å². The molecule has 1 fully saturated rings. The molecule has 1 aliphatic carbocycles. The number of carbonyl (C=O) groups excluding carboxylic acids is 1. The highest BCUT2D eigenvalue weighted by atomic mass is 19.2. The molecular formula is C29H28F2N2O3. The first kappa shape index (κ1) is 24.0. The highest BCUT2D eigenvalue weighted by Crippen LogP contribution is 2.52. The third-order valence-electron chi connectivity index (χ3n) is 7.59. The van der Waals surface area contributed by atoms with E-state index >= 15 is 0 Å². The summed E-state index contributed by atoms with van der Waals surface area (Å²) in [6, 6.07) is 15.9. The van der Waals surface area contributed by atoms with Crippen molar-refractivity contribution in [2.24, 2.45) is 0 Å². The van der Waals surface area contributed by atoms with Gasteiger partial charge in [0.2, 0.25) is 0 Å². The van der Waals surface area contributed by atoms with Crippen LogP contribution in [0, 0.1) is 11.6 Å². The molecule has 1 heterocycles. The van der Waals surface area contributed by atoms with E-state index in [-0.39, 0.29) is 22.9 Å². The number of hydrogen-bond acceptors (Lipinski definition) is 3. The van der Waals surface area contributed by atoms with Gasteiger partial charge in [-0.3, -0.25) is 4.79 Å². The molecule has 0 radical (unpaired) electrons. The number of halogens is 2. The summed E-state index contributed by atoms with van der Waals surface area (Å²) in [6.07, 6.45) is 4.31. The third kappa shape index (κ3) is 4.34. The van der Waals surface area contributed by atoms with Crippen LogP contribution in [0.2, 0.25) is 0 Å². The topological polar surface area (TPSA) is 69.6 Å². The number of amides is 1. The fourth-order valence-electron chi connectivity index (χ4n) is 5.77. The van der Waals surface area contributed by atoms with Crippen molar-refractivity contribution in [1.29, 1.82) is 0 Å². The molecule has 1 amide bonds. The van der Waals surface area contributed by atoms with Crippen LogP contribution in [0.4, 0.5) is 14.5 Å². The number of benzene rings is 3. The van der Waals surface area contributed by atoms with E-state index in [2.05, 4.69) is 16.3 Å². The van der Waals surface area contributed by atoms with Gasteiger partial charge in [0.15, 0.2) is 11.6 Å². The smallest absolute Gasteiger partial charge is 0.335 e. The number of nitrogens with zero attached hydrogens (tertiary/aromatic N) is 1. The largest absolute Gasteiger partial charge is 0.478 e. The molecule has 1 spiro atoms. The number of fused-ring (bicyclic) bond motifs is 2. The van der Waals surface area contributed by atoms with Crippen LogP contribution in [0.5, 0.6) is 0 Å². The van der Waals surface area contributed by atoms with E-state index in [0.29, 0.717) is 17.7 Å². The van der Waals surface area contributed by atoms with Crippen LogP contribution >= 0.6 is 0 Å². The number of rotatable bonds is 6. The predicted octanol–water partition coefficient (Wildman–Crippen LogP) is 5.99. The molecule has 5 rings (SSSR count). The normalized spacial score (nSPS) is 16.7. The minimum absolute atomic E-state index is 0.0392. The molecule has 1 saturated carbocycles. The van der Waals surface area contributed by atoms with Crippen LogP contribution in [-0.4, -0.2) is 23.5 Å². The average Bonchev–Trinajstić information content (AvgIpc) is 3.46. The Morgan fingerprint density at radius 2 is 1.75 bits per heavy atom. The monoisotopic (exact) mass is 490 g/mol. The first-order valence-corrected chi connectivity index (χ1v) is 12.2. The van der Waals surface area contributed by atoms with Crippen molar-refractivity contribution in [3.63, 3.8) is 0 Å². The number of carbonyl (C=O) groups is 2. The quantitative estimate of drug-likeness (QED) is 0.446. The van der Waals surface area contributed by atoms with Gasteiger partial charge < -0.3 is 15.3 Å². The molecule has 2 aliphatic rings. The zero-order chi connectivity index (χ0) is 25.4. The van der Waals surface area contributed by atoms with Crippen LogP contribution < -0.4 is 10.2 Å². The van der Waals surface area contributed by atoms with Gasteiger partial charge in [0.25, 0.3) is 5.91 Å². The molecule has 1 aliphatic heterocycles. The lowest BCUT2D eigenvalue weighted by atomic mass is 9.80. The van der Waals surface area contributed by atoms with Gasteiger partial charge in [-0.1, -0.05) is 43.2 Å². The van der Waals surface area contributed by atoms with Crippen LogP contribution in [0.15, 0.2) is 60.7 Å². The molecule has 3 aromatic carbocycles. The van der Waals surface area contributed by atoms with E-state index in [1.807, 2.05) is 13.0 Å². The van der Waals surface area contributed by atoms with Gasteiger partial charge in [0, 0.05) is 18.5 Å². The lowest BCUT2D eigenvalue weighted by Crippen LogP contribution is -2.32. The molecule has 2 N–H and O–H groups in total. The van der Waals surface area contributed by atoms with E-state index in [9.17, 15) is 18.4 Å². The number of aromatic carboxylic acids is 1. The highest BCUT2D eigenvalue weighted by Gasteiger charge is 2.45. The number of hydrogen-bond donors (Lipinski definition) is 2. The maximum atomic E-state index is 13.9. The molecular weight excluding hydrogens is 462 g/mol. The summed E-state index contributed by atoms with van der Waals surface area (Å²) in [5.74, 6) is -2.98. The summed E-state index contributed by atoms with van der Waals surface area (Å²) in [6.45, 7) is 2.97. The fourth-order valence-corrected chi connectivity index (χ4v) is 5.77. The first-order valence-electron chi connectivity index (χ1n) is 12.2. The van der Waals surface area contributed by atoms with Gasteiger partial charge in [-0.2, -0.15) is 0 Å². The van der Waals surface area contributed by atoms with Crippen molar-refractivity contribution in [2.45, 2.75) is 50.6 Å². The summed E-state index contributed by atoms with van der Waals surface area (Å²) in [5, 5.41) is 12.2. The Kier molecular flexibility index (Phi) is 6.24. The zero-order valence-electron chi connectivity index (χ0n) is 20.1. The second kappa shape index (κ2) is 9.37. The van der Waals surface area contributed by atoms with Crippen molar-refractivity contribution in [3.8, 4) is 0 Å². The molecule has 0 saturated heterocycles. The molecule has 186 valence electrons. The zero-order valence-corrected chi connectivity index (χ0v) is 20.1. The van der Waals surface area contributed by atoms with Crippen molar-refractivity contribution in [3.05, 3.63) is 100 Å². The van der Waals surface area contributed by atoms with Gasteiger partial charge in [0.1, 0.15) is 0 Å². The van der Waals surface area contributed by atoms with Crippen molar-refractivity contribution < 1.29 is 23.5 Å². The van der Waals surface area contributed by atoms with E-state index < -0.39 is 17.6 Å². The van der Waals surface area contributed by atoms with Crippen LogP contribution in [-0.2, 0) is 12.0 Å². The number of carboxylic acids is 1. The van der Waals surface area contributed by atoms with E-state index in [1.165, 1.54) is 18.2 Å². The molecule has 7 heteroatoms. The second-order valence-electron chi connectivity index (χ2n) is 9.92. The van der Waals surface area contributed by atoms with Gasteiger partial charge >= 0.3 is 5.97 Å².